The number of rotatable bonds is 2. The van der Waals surface area contributed by atoms with Gasteiger partial charge in [0, 0.05) is 11.6 Å². The van der Waals surface area contributed by atoms with Gasteiger partial charge in [-0.3, -0.25) is 4.68 Å². The Morgan fingerprint density at radius 3 is 2.66 bits per heavy atom. The van der Waals surface area contributed by atoms with Crippen LogP contribution in [0.3, 0.4) is 0 Å². The van der Waals surface area contributed by atoms with E-state index in [1.165, 1.54) is 6.33 Å². The van der Waals surface area contributed by atoms with E-state index in [2.05, 4.69) is 25.1 Å². The maximum atomic E-state index is 13.2. The second kappa shape index (κ2) is 5.96. The molecular formula is C18H14F3N7S. The van der Waals surface area contributed by atoms with Gasteiger partial charge in [0.05, 0.1) is 11.7 Å². The second-order valence-electron chi connectivity index (χ2n) is 6.94. The van der Waals surface area contributed by atoms with E-state index in [0.29, 0.717) is 32.6 Å². The fourth-order valence-electron chi connectivity index (χ4n) is 3.31. The minimum Gasteiger partial charge on any atom is -0.262 e. The van der Waals surface area contributed by atoms with Crippen molar-refractivity contribution in [1.82, 2.24) is 34.3 Å². The Labute approximate surface area is 165 Å². The number of aromatic nitrogens is 7. The van der Waals surface area contributed by atoms with Crippen LogP contribution < -0.4 is 0 Å². The Kier molecular flexibility index (Phi) is 3.69. The van der Waals surface area contributed by atoms with Crippen LogP contribution >= 0.6 is 11.3 Å². The van der Waals surface area contributed by atoms with E-state index in [-0.39, 0.29) is 10.9 Å². The average molecular weight is 417 g/mol. The summed E-state index contributed by atoms with van der Waals surface area (Å²) in [5, 5.41) is 9.40. The largest absolute Gasteiger partial charge is 0.433 e. The summed E-state index contributed by atoms with van der Waals surface area (Å²) in [6, 6.07) is 0.849. The maximum absolute atomic E-state index is 13.2. The lowest BCUT2D eigenvalue weighted by atomic mass is 10.1. The quantitative estimate of drug-likeness (QED) is 0.428. The lowest BCUT2D eigenvalue weighted by Crippen LogP contribution is -2.09. The Morgan fingerprint density at radius 2 is 1.97 bits per heavy atom. The summed E-state index contributed by atoms with van der Waals surface area (Å²) in [5.41, 5.74) is 1.71. The standard InChI is InChI=1S/C18H14F3N7S/c1-8-5-23-27(6-8)10(3)15-25-16-14-13(22-7-28(16)26-15)12-9(2)4-11(18(19,20)21)24-17(12)29-14/h4-7,10H,1-3H3. The number of halogens is 3. The van der Waals surface area contributed by atoms with Gasteiger partial charge in [-0.1, -0.05) is 0 Å². The highest BCUT2D eigenvalue weighted by Crippen LogP contribution is 2.38. The van der Waals surface area contributed by atoms with Crippen LogP contribution in [0.4, 0.5) is 13.2 Å². The molecule has 5 aromatic rings. The van der Waals surface area contributed by atoms with Crippen LogP contribution in [0.25, 0.3) is 26.1 Å². The van der Waals surface area contributed by atoms with Crippen molar-refractivity contribution < 1.29 is 13.2 Å². The van der Waals surface area contributed by atoms with E-state index in [1.54, 1.807) is 22.3 Å². The van der Waals surface area contributed by atoms with Crippen molar-refractivity contribution >= 4 is 37.4 Å². The van der Waals surface area contributed by atoms with Gasteiger partial charge >= 0.3 is 6.18 Å². The zero-order valence-electron chi connectivity index (χ0n) is 15.6. The molecule has 0 bridgehead atoms. The van der Waals surface area contributed by atoms with Gasteiger partial charge in [-0.2, -0.15) is 18.3 Å². The summed E-state index contributed by atoms with van der Waals surface area (Å²) in [5.74, 6) is 0.542. The summed E-state index contributed by atoms with van der Waals surface area (Å²) in [4.78, 5) is 13.2. The van der Waals surface area contributed by atoms with Crippen LogP contribution in [0.1, 0.15) is 35.6 Å². The first kappa shape index (κ1) is 18.0. The number of hydrogen-bond donors (Lipinski definition) is 0. The molecule has 29 heavy (non-hydrogen) atoms. The maximum Gasteiger partial charge on any atom is 0.433 e. The van der Waals surface area contributed by atoms with Gasteiger partial charge in [-0.25, -0.2) is 19.5 Å². The second-order valence-corrected chi connectivity index (χ2v) is 7.94. The number of nitrogens with zero attached hydrogens (tertiary/aromatic N) is 7. The first-order chi connectivity index (χ1) is 13.7. The van der Waals surface area contributed by atoms with Crippen LogP contribution in [-0.4, -0.2) is 34.3 Å². The van der Waals surface area contributed by atoms with Crippen molar-refractivity contribution in [3.8, 4) is 0 Å². The van der Waals surface area contributed by atoms with E-state index in [1.807, 2.05) is 20.0 Å². The normalized spacial score (nSPS) is 13.7. The number of aryl methyl sites for hydroxylation is 2. The number of fused-ring (bicyclic) bond motifs is 5. The molecule has 5 rings (SSSR count). The third kappa shape index (κ3) is 2.76. The molecule has 0 aliphatic carbocycles. The van der Waals surface area contributed by atoms with Gasteiger partial charge in [0.2, 0.25) is 0 Å². The molecule has 1 unspecified atom stereocenters. The predicted molar refractivity (Wildman–Crippen MR) is 102 cm³/mol. The highest BCUT2D eigenvalue weighted by molar-refractivity contribution is 7.26. The SMILES string of the molecule is Cc1cnn(C(C)c2nc3c4sc5nc(C(F)(F)F)cc(C)c5c4ncn3n2)c1. The first-order valence-corrected chi connectivity index (χ1v) is 9.57. The summed E-state index contributed by atoms with van der Waals surface area (Å²) in [6.45, 7) is 5.51. The molecule has 5 heterocycles. The summed E-state index contributed by atoms with van der Waals surface area (Å²) < 4.78 is 43.4. The molecule has 0 spiro atoms. The molecule has 5 aromatic heterocycles. The molecule has 0 amide bonds. The van der Waals surface area contributed by atoms with Crippen molar-refractivity contribution in [2.45, 2.75) is 33.0 Å². The van der Waals surface area contributed by atoms with Crippen molar-refractivity contribution in [1.29, 1.82) is 0 Å². The molecule has 0 saturated heterocycles. The van der Waals surface area contributed by atoms with Gasteiger partial charge in [0.25, 0.3) is 0 Å². The highest BCUT2D eigenvalue weighted by atomic mass is 32.1. The number of alkyl halides is 3. The van der Waals surface area contributed by atoms with Gasteiger partial charge in [-0.05, 0) is 38.0 Å². The fraction of sp³-hybridized carbons (Fsp3) is 0.278. The van der Waals surface area contributed by atoms with Crippen molar-refractivity contribution in [2.24, 2.45) is 0 Å². The van der Waals surface area contributed by atoms with Gasteiger partial charge < -0.3 is 0 Å². The summed E-state index contributed by atoms with van der Waals surface area (Å²) in [7, 11) is 0. The molecule has 1 atom stereocenters. The van der Waals surface area contributed by atoms with Gasteiger partial charge in [0.1, 0.15) is 27.6 Å². The average Bonchev–Trinajstić information content (AvgIpc) is 3.35. The zero-order valence-corrected chi connectivity index (χ0v) is 16.4. The van der Waals surface area contributed by atoms with Crippen LogP contribution in [0.15, 0.2) is 24.8 Å². The molecule has 0 fully saturated rings. The van der Waals surface area contributed by atoms with Crippen LogP contribution in [-0.2, 0) is 6.18 Å². The van der Waals surface area contributed by atoms with Crippen LogP contribution in [0, 0.1) is 13.8 Å². The molecule has 7 nitrogen and oxygen atoms in total. The van der Waals surface area contributed by atoms with E-state index in [0.717, 1.165) is 23.0 Å². The Balaban J connectivity index is 1.73. The molecular weight excluding hydrogens is 403 g/mol. The number of hydrogen-bond acceptors (Lipinski definition) is 6. The van der Waals surface area contributed by atoms with E-state index in [4.69, 9.17) is 0 Å². The van der Waals surface area contributed by atoms with Crippen molar-refractivity contribution in [2.75, 3.05) is 0 Å². The molecule has 0 N–H and O–H groups in total. The predicted octanol–water partition coefficient (Wildman–Crippen LogP) is 4.33. The fourth-order valence-corrected chi connectivity index (χ4v) is 4.49. The first-order valence-electron chi connectivity index (χ1n) is 8.75. The van der Waals surface area contributed by atoms with Crippen molar-refractivity contribution in [3.63, 3.8) is 0 Å². The number of thiophene rings is 1. The molecule has 0 aliphatic heterocycles. The lowest BCUT2D eigenvalue weighted by Gasteiger charge is -2.06. The van der Waals surface area contributed by atoms with E-state index >= 15 is 0 Å². The third-order valence-electron chi connectivity index (χ3n) is 4.77. The van der Waals surface area contributed by atoms with Crippen LogP contribution in [0.2, 0.25) is 0 Å². The molecule has 0 aromatic carbocycles. The monoisotopic (exact) mass is 417 g/mol. The van der Waals surface area contributed by atoms with Crippen molar-refractivity contribution in [3.05, 3.63) is 47.4 Å². The molecule has 148 valence electrons. The molecule has 0 saturated carbocycles. The molecule has 0 radical (unpaired) electrons. The Bertz CT molecular complexity index is 1400. The minimum absolute atomic E-state index is 0.204. The minimum atomic E-state index is -4.50. The topological polar surface area (TPSA) is 73.8 Å². The molecule has 11 heteroatoms. The lowest BCUT2D eigenvalue weighted by molar-refractivity contribution is -0.141. The van der Waals surface area contributed by atoms with E-state index in [9.17, 15) is 13.2 Å². The third-order valence-corrected chi connectivity index (χ3v) is 5.84. The summed E-state index contributed by atoms with van der Waals surface area (Å²) >= 11 is 1.14. The van der Waals surface area contributed by atoms with Gasteiger partial charge in [0.15, 0.2) is 11.5 Å². The van der Waals surface area contributed by atoms with Gasteiger partial charge in [-0.15, -0.1) is 16.4 Å². The van der Waals surface area contributed by atoms with E-state index < -0.39 is 11.9 Å². The summed E-state index contributed by atoms with van der Waals surface area (Å²) in [6.07, 6.45) is 0.677. The van der Waals surface area contributed by atoms with Crippen LogP contribution in [0.5, 0.6) is 0 Å². The zero-order chi connectivity index (χ0) is 20.5. The Morgan fingerprint density at radius 1 is 1.17 bits per heavy atom. The highest BCUT2D eigenvalue weighted by Gasteiger charge is 2.33. The number of pyridine rings is 1. The molecule has 0 aliphatic rings. The Hall–Kier alpha value is -3.08. The smallest absolute Gasteiger partial charge is 0.262 e.